The molecule has 0 amide bonds. The van der Waals surface area contributed by atoms with E-state index >= 15 is 0 Å². The first-order valence-corrected chi connectivity index (χ1v) is 6.18. The first kappa shape index (κ1) is 13.6. The Labute approximate surface area is 112 Å². The number of nitrogens with one attached hydrogen (secondary N) is 1. The third kappa shape index (κ3) is 4.11. The summed E-state index contributed by atoms with van der Waals surface area (Å²) in [5, 5.41) is 7.13. The van der Waals surface area contributed by atoms with Crippen molar-refractivity contribution in [1.82, 2.24) is 20.4 Å². The number of likely N-dealkylation sites (N-methyl/N-ethyl adjacent to an activating group) is 1. The molecule has 0 bridgehead atoms. The maximum Gasteiger partial charge on any atom is 0.228 e. The van der Waals surface area contributed by atoms with E-state index in [1.54, 1.807) is 19.5 Å². The largest absolute Gasteiger partial charge is 0.383 e. The van der Waals surface area contributed by atoms with Crippen LogP contribution in [-0.4, -0.2) is 41.9 Å². The Bertz CT molecular complexity index is 486. The molecule has 2 heterocycles. The highest BCUT2D eigenvalue weighted by molar-refractivity contribution is 5.14. The molecule has 0 aliphatic heterocycles. The SMILES string of the molecule is CNC(COC)Cc1nc(Cc2ccncc2)no1. The summed E-state index contributed by atoms with van der Waals surface area (Å²) in [6, 6.07) is 4.06. The monoisotopic (exact) mass is 262 g/mol. The lowest BCUT2D eigenvalue weighted by molar-refractivity contribution is 0.165. The summed E-state index contributed by atoms with van der Waals surface area (Å²) in [6.45, 7) is 0.610. The highest BCUT2D eigenvalue weighted by atomic mass is 16.5. The smallest absolute Gasteiger partial charge is 0.228 e. The van der Waals surface area contributed by atoms with Gasteiger partial charge in [-0.25, -0.2) is 0 Å². The fourth-order valence-electron chi connectivity index (χ4n) is 1.78. The van der Waals surface area contributed by atoms with Crippen LogP contribution in [0.25, 0.3) is 0 Å². The van der Waals surface area contributed by atoms with Crippen molar-refractivity contribution >= 4 is 0 Å². The van der Waals surface area contributed by atoms with Crippen molar-refractivity contribution in [2.75, 3.05) is 20.8 Å². The van der Waals surface area contributed by atoms with Gasteiger partial charge in [-0.05, 0) is 24.7 Å². The van der Waals surface area contributed by atoms with E-state index in [1.165, 1.54) is 0 Å². The van der Waals surface area contributed by atoms with Crippen molar-refractivity contribution in [3.8, 4) is 0 Å². The molecular formula is C13H18N4O2. The molecule has 19 heavy (non-hydrogen) atoms. The van der Waals surface area contributed by atoms with E-state index in [2.05, 4.69) is 20.4 Å². The normalized spacial score (nSPS) is 12.5. The maximum absolute atomic E-state index is 5.24. The minimum Gasteiger partial charge on any atom is -0.383 e. The van der Waals surface area contributed by atoms with Crippen LogP contribution in [-0.2, 0) is 17.6 Å². The van der Waals surface area contributed by atoms with Crippen LogP contribution in [0.3, 0.4) is 0 Å². The molecule has 2 aromatic heterocycles. The molecule has 102 valence electrons. The molecule has 1 N–H and O–H groups in total. The number of hydrogen-bond acceptors (Lipinski definition) is 6. The predicted octanol–water partition coefficient (Wildman–Crippen LogP) is 0.832. The number of methoxy groups -OCH3 is 1. The van der Waals surface area contributed by atoms with E-state index in [4.69, 9.17) is 9.26 Å². The van der Waals surface area contributed by atoms with Gasteiger partial charge in [-0.2, -0.15) is 4.98 Å². The van der Waals surface area contributed by atoms with E-state index in [0.29, 0.717) is 31.2 Å². The third-order valence-corrected chi connectivity index (χ3v) is 2.82. The van der Waals surface area contributed by atoms with Crippen molar-refractivity contribution in [3.05, 3.63) is 41.8 Å². The molecule has 0 aromatic carbocycles. The Balaban J connectivity index is 1.95. The summed E-state index contributed by atoms with van der Waals surface area (Å²) in [6.07, 6.45) is 4.83. The second-order valence-electron chi connectivity index (χ2n) is 4.28. The molecule has 0 aliphatic carbocycles. The van der Waals surface area contributed by atoms with Crippen LogP contribution < -0.4 is 5.32 Å². The fourth-order valence-corrected chi connectivity index (χ4v) is 1.78. The summed E-state index contributed by atoms with van der Waals surface area (Å²) >= 11 is 0. The Morgan fingerprint density at radius 2 is 2.16 bits per heavy atom. The Kier molecular flexibility index (Phi) is 5.00. The number of ether oxygens (including phenoxy) is 1. The van der Waals surface area contributed by atoms with Gasteiger partial charge in [-0.15, -0.1) is 0 Å². The highest BCUT2D eigenvalue weighted by Gasteiger charge is 2.13. The minimum absolute atomic E-state index is 0.180. The average Bonchev–Trinajstić information content (AvgIpc) is 2.86. The standard InChI is InChI=1S/C13H18N4O2/c1-14-11(9-18-2)8-13-16-12(17-19-13)7-10-3-5-15-6-4-10/h3-6,11,14H,7-9H2,1-2H3. The molecule has 0 radical (unpaired) electrons. The summed E-state index contributed by atoms with van der Waals surface area (Å²) in [5.41, 5.74) is 1.12. The number of rotatable bonds is 7. The maximum atomic E-state index is 5.24. The minimum atomic E-state index is 0.180. The van der Waals surface area contributed by atoms with Gasteiger partial charge in [0.2, 0.25) is 5.89 Å². The zero-order chi connectivity index (χ0) is 13.5. The lowest BCUT2D eigenvalue weighted by Crippen LogP contribution is -2.32. The lowest BCUT2D eigenvalue weighted by Gasteiger charge is -2.11. The summed E-state index contributed by atoms with van der Waals surface area (Å²) < 4.78 is 10.4. The van der Waals surface area contributed by atoms with E-state index in [1.807, 2.05) is 19.2 Å². The summed E-state index contributed by atoms with van der Waals surface area (Å²) in [7, 11) is 3.56. The van der Waals surface area contributed by atoms with Crippen molar-refractivity contribution in [3.63, 3.8) is 0 Å². The average molecular weight is 262 g/mol. The molecule has 2 aromatic rings. The van der Waals surface area contributed by atoms with Gasteiger partial charge in [0.1, 0.15) is 0 Å². The molecule has 0 aliphatic rings. The third-order valence-electron chi connectivity index (χ3n) is 2.82. The Morgan fingerprint density at radius 1 is 1.37 bits per heavy atom. The number of hydrogen-bond donors (Lipinski definition) is 1. The second-order valence-corrected chi connectivity index (χ2v) is 4.28. The van der Waals surface area contributed by atoms with Gasteiger partial charge >= 0.3 is 0 Å². The molecule has 1 atom stereocenters. The molecule has 0 fully saturated rings. The molecular weight excluding hydrogens is 244 g/mol. The van der Waals surface area contributed by atoms with E-state index in [0.717, 1.165) is 5.56 Å². The van der Waals surface area contributed by atoms with Crippen molar-refractivity contribution in [2.24, 2.45) is 0 Å². The first-order valence-electron chi connectivity index (χ1n) is 6.18. The van der Waals surface area contributed by atoms with E-state index in [9.17, 15) is 0 Å². The zero-order valence-corrected chi connectivity index (χ0v) is 11.2. The van der Waals surface area contributed by atoms with Gasteiger partial charge in [-0.1, -0.05) is 5.16 Å². The second kappa shape index (κ2) is 6.96. The molecule has 2 rings (SSSR count). The van der Waals surface area contributed by atoms with Crippen molar-refractivity contribution in [1.29, 1.82) is 0 Å². The molecule has 0 spiro atoms. The van der Waals surface area contributed by atoms with Crippen molar-refractivity contribution in [2.45, 2.75) is 18.9 Å². The Morgan fingerprint density at radius 3 is 2.84 bits per heavy atom. The Hall–Kier alpha value is -1.79. The molecule has 0 saturated heterocycles. The predicted molar refractivity (Wildman–Crippen MR) is 69.8 cm³/mol. The topological polar surface area (TPSA) is 73.1 Å². The molecule has 6 nitrogen and oxygen atoms in total. The number of pyridine rings is 1. The first-order chi connectivity index (χ1) is 9.31. The van der Waals surface area contributed by atoms with Gasteiger partial charge in [0, 0.05) is 38.4 Å². The van der Waals surface area contributed by atoms with Crippen LogP contribution in [0.4, 0.5) is 0 Å². The molecule has 6 heteroatoms. The van der Waals surface area contributed by atoms with Crippen LogP contribution >= 0.6 is 0 Å². The van der Waals surface area contributed by atoms with Crippen LogP contribution in [0, 0.1) is 0 Å². The summed E-state index contributed by atoms with van der Waals surface area (Å²) in [5.74, 6) is 1.31. The van der Waals surface area contributed by atoms with Gasteiger partial charge in [-0.3, -0.25) is 4.98 Å². The van der Waals surface area contributed by atoms with Gasteiger partial charge < -0.3 is 14.6 Å². The number of aromatic nitrogens is 3. The van der Waals surface area contributed by atoms with Gasteiger partial charge in [0.05, 0.1) is 6.61 Å². The quantitative estimate of drug-likeness (QED) is 0.797. The van der Waals surface area contributed by atoms with E-state index in [-0.39, 0.29) is 6.04 Å². The van der Waals surface area contributed by atoms with Crippen LogP contribution in [0.15, 0.2) is 29.0 Å². The summed E-state index contributed by atoms with van der Waals surface area (Å²) in [4.78, 5) is 8.36. The fraction of sp³-hybridized carbons (Fsp3) is 0.462. The van der Waals surface area contributed by atoms with Crippen LogP contribution in [0.1, 0.15) is 17.3 Å². The van der Waals surface area contributed by atoms with Crippen LogP contribution in [0.2, 0.25) is 0 Å². The van der Waals surface area contributed by atoms with Crippen LogP contribution in [0.5, 0.6) is 0 Å². The number of nitrogens with zero attached hydrogens (tertiary/aromatic N) is 3. The van der Waals surface area contributed by atoms with Crippen molar-refractivity contribution < 1.29 is 9.26 Å². The van der Waals surface area contributed by atoms with Gasteiger partial charge in [0.25, 0.3) is 0 Å². The zero-order valence-electron chi connectivity index (χ0n) is 11.2. The molecule has 1 unspecified atom stereocenters. The van der Waals surface area contributed by atoms with Gasteiger partial charge in [0.15, 0.2) is 5.82 Å². The highest BCUT2D eigenvalue weighted by Crippen LogP contribution is 2.07. The lowest BCUT2D eigenvalue weighted by atomic mass is 10.2. The molecule has 0 saturated carbocycles. The van der Waals surface area contributed by atoms with E-state index < -0.39 is 0 Å².